The van der Waals surface area contributed by atoms with E-state index < -0.39 is 0 Å². The zero-order chi connectivity index (χ0) is 15.6. The zero-order valence-corrected chi connectivity index (χ0v) is 12.7. The van der Waals surface area contributed by atoms with Gasteiger partial charge in [-0.25, -0.2) is 0 Å². The summed E-state index contributed by atoms with van der Waals surface area (Å²) in [5.41, 5.74) is 5.03. The standard InChI is InChI=1S/C19H15N3O/c1-23-19-6-5-13(10-15(19)16-4-2-3-8-21-16)17-11-14-7-9-20-12-18(14)22-17/h2-12,22H,1H3. The summed E-state index contributed by atoms with van der Waals surface area (Å²) < 4.78 is 5.49. The van der Waals surface area contributed by atoms with Crippen molar-refractivity contribution in [3.8, 4) is 28.3 Å². The van der Waals surface area contributed by atoms with Crippen LogP contribution in [0.25, 0.3) is 33.4 Å². The van der Waals surface area contributed by atoms with E-state index in [1.54, 1.807) is 19.5 Å². The number of nitrogens with zero attached hydrogens (tertiary/aromatic N) is 2. The van der Waals surface area contributed by atoms with Gasteiger partial charge in [0.2, 0.25) is 0 Å². The molecule has 0 saturated heterocycles. The molecule has 0 aliphatic carbocycles. The van der Waals surface area contributed by atoms with E-state index in [9.17, 15) is 0 Å². The molecule has 23 heavy (non-hydrogen) atoms. The van der Waals surface area contributed by atoms with E-state index in [0.29, 0.717) is 0 Å². The van der Waals surface area contributed by atoms with Crippen LogP contribution in [-0.2, 0) is 0 Å². The molecular formula is C19H15N3O. The van der Waals surface area contributed by atoms with Crippen molar-refractivity contribution in [3.63, 3.8) is 0 Å². The topological polar surface area (TPSA) is 50.8 Å². The molecule has 4 aromatic rings. The lowest BCUT2D eigenvalue weighted by Crippen LogP contribution is -1.91. The number of H-pyrrole nitrogens is 1. The predicted molar refractivity (Wildman–Crippen MR) is 91.3 cm³/mol. The molecule has 0 unspecified atom stereocenters. The summed E-state index contributed by atoms with van der Waals surface area (Å²) in [7, 11) is 1.68. The molecule has 1 N–H and O–H groups in total. The Hall–Kier alpha value is -3.14. The molecule has 0 atom stereocenters. The van der Waals surface area contributed by atoms with Gasteiger partial charge in [0.15, 0.2) is 0 Å². The number of ether oxygens (including phenoxy) is 1. The van der Waals surface area contributed by atoms with E-state index in [1.165, 1.54) is 0 Å². The minimum Gasteiger partial charge on any atom is -0.496 e. The predicted octanol–water partition coefficient (Wildman–Crippen LogP) is 4.30. The van der Waals surface area contributed by atoms with Crippen molar-refractivity contribution in [3.05, 3.63) is 67.1 Å². The highest BCUT2D eigenvalue weighted by Crippen LogP contribution is 2.33. The summed E-state index contributed by atoms with van der Waals surface area (Å²) in [5.74, 6) is 0.810. The third-order valence-corrected chi connectivity index (χ3v) is 3.88. The van der Waals surface area contributed by atoms with Crippen LogP contribution in [0.1, 0.15) is 0 Å². The molecule has 0 saturated carbocycles. The van der Waals surface area contributed by atoms with Crippen molar-refractivity contribution >= 4 is 10.9 Å². The summed E-state index contributed by atoms with van der Waals surface area (Å²) in [6, 6.07) is 16.1. The second-order valence-electron chi connectivity index (χ2n) is 5.28. The maximum absolute atomic E-state index is 5.49. The molecule has 0 spiro atoms. The monoisotopic (exact) mass is 301 g/mol. The van der Waals surface area contributed by atoms with Gasteiger partial charge in [-0.05, 0) is 48.0 Å². The largest absolute Gasteiger partial charge is 0.496 e. The fourth-order valence-electron chi connectivity index (χ4n) is 2.73. The van der Waals surface area contributed by atoms with Gasteiger partial charge in [0, 0.05) is 29.0 Å². The van der Waals surface area contributed by atoms with E-state index in [-0.39, 0.29) is 0 Å². The molecule has 0 amide bonds. The molecule has 1 aromatic carbocycles. The number of benzene rings is 1. The van der Waals surface area contributed by atoms with E-state index in [0.717, 1.165) is 39.2 Å². The molecule has 3 heterocycles. The Morgan fingerprint density at radius 3 is 2.74 bits per heavy atom. The number of fused-ring (bicyclic) bond motifs is 1. The van der Waals surface area contributed by atoms with Gasteiger partial charge in [0.05, 0.1) is 24.5 Å². The molecule has 0 radical (unpaired) electrons. The third kappa shape index (κ3) is 2.44. The molecule has 112 valence electrons. The molecule has 0 aliphatic heterocycles. The maximum atomic E-state index is 5.49. The lowest BCUT2D eigenvalue weighted by atomic mass is 10.0. The van der Waals surface area contributed by atoms with Crippen LogP contribution in [0.2, 0.25) is 0 Å². The van der Waals surface area contributed by atoms with Gasteiger partial charge in [-0.15, -0.1) is 0 Å². The highest BCUT2D eigenvalue weighted by molar-refractivity contribution is 5.86. The minimum atomic E-state index is 0.810. The lowest BCUT2D eigenvalue weighted by molar-refractivity contribution is 0.416. The van der Waals surface area contributed by atoms with Crippen molar-refractivity contribution in [2.24, 2.45) is 0 Å². The summed E-state index contributed by atoms with van der Waals surface area (Å²) in [5, 5.41) is 1.14. The third-order valence-electron chi connectivity index (χ3n) is 3.88. The summed E-state index contributed by atoms with van der Waals surface area (Å²) in [4.78, 5) is 12.0. The highest BCUT2D eigenvalue weighted by Gasteiger charge is 2.10. The van der Waals surface area contributed by atoms with Crippen LogP contribution in [0.3, 0.4) is 0 Å². The molecule has 4 nitrogen and oxygen atoms in total. The number of aromatic nitrogens is 3. The molecule has 0 fully saturated rings. The van der Waals surface area contributed by atoms with Crippen molar-refractivity contribution in [2.75, 3.05) is 7.11 Å². The molecule has 0 bridgehead atoms. The van der Waals surface area contributed by atoms with Crippen LogP contribution in [-0.4, -0.2) is 22.1 Å². The van der Waals surface area contributed by atoms with Crippen LogP contribution in [0.4, 0.5) is 0 Å². The Labute approximate surface area is 133 Å². The summed E-state index contributed by atoms with van der Waals surface area (Å²) in [6.45, 7) is 0. The van der Waals surface area contributed by atoms with Crippen LogP contribution >= 0.6 is 0 Å². The van der Waals surface area contributed by atoms with E-state index >= 15 is 0 Å². The van der Waals surface area contributed by atoms with Crippen molar-refractivity contribution in [1.82, 2.24) is 15.0 Å². The molecule has 4 rings (SSSR count). The maximum Gasteiger partial charge on any atom is 0.128 e. The number of pyridine rings is 2. The first kappa shape index (κ1) is 13.5. The van der Waals surface area contributed by atoms with Gasteiger partial charge in [0.1, 0.15) is 5.75 Å². The van der Waals surface area contributed by atoms with Crippen LogP contribution in [0, 0.1) is 0 Å². The van der Waals surface area contributed by atoms with Gasteiger partial charge in [0.25, 0.3) is 0 Å². The van der Waals surface area contributed by atoms with Crippen molar-refractivity contribution in [2.45, 2.75) is 0 Å². The fourth-order valence-corrected chi connectivity index (χ4v) is 2.73. The smallest absolute Gasteiger partial charge is 0.128 e. The number of aromatic amines is 1. The van der Waals surface area contributed by atoms with Crippen molar-refractivity contribution < 1.29 is 4.74 Å². The lowest BCUT2D eigenvalue weighted by Gasteiger charge is -2.10. The average molecular weight is 301 g/mol. The molecule has 4 heteroatoms. The highest BCUT2D eigenvalue weighted by atomic mass is 16.5. The van der Waals surface area contributed by atoms with Gasteiger partial charge < -0.3 is 9.72 Å². The first-order valence-corrected chi connectivity index (χ1v) is 7.38. The van der Waals surface area contributed by atoms with Gasteiger partial charge in [-0.3, -0.25) is 9.97 Å². The number of rotatable bonds is 3. The number of hydrogen-bond donors (Lipinski definition) is 1. The van der Waals surface area contributed by atoms with Gasteiger partial charge in [-0.2, -0.15) is 0 Å². The van der Waals surface area contributed by atoms with Gasteiger partial charge >= 0.3 is 0 Å². The van der Waals surface area contributed by atoms with Gasteiger partial charge in [-0.1, -0.05) is 6.07 Å². The second-order valence-corrected chi connectivity index (χ2v) is 5.28. The molecular weight excluding hydrogens is 286 g/mol. The van der Waals surface area contributed by atoms with E-state index in [4.69, 9.17) is 4.74 Å². The Balaban J connectivity index is 1.86. The van der Waals surface area contributed by atoms with Crippen LogP contribution in [0.15, 0.2) is 67.1 Å². The SMILES string of the molecule is COc1ccc(-c2cc3ccncc3[nH]2)cc1-c1ccccn1. The number of hydrogen-bond acceptors (Lipinski definition) is 3. The first-order valence-electron chi connectivity index (χ1n) is 7.38. The quantitative estimate of drug-likeness (QED) is 0.614. The molecule has 3 aromatic heterocycles. The first-order chi connectivity index (χ1) is 11.3. The average Bonchev–Trinajstić information content (AvgIpc) is 3.06. The molecule has 0 aliphatic rings. The Morgan fingerprint density at radius 1 is 1.00 bits per heavy atom. The van der Waals surface area contributed by atoms with Crippen LogP contribution in [0.5, 0.6) is 5.75 Å². The second kappa shape index (κ2) is 5.57. The Bertz CT molecular complexity index is 928. The fraction of sp³-hybridized carbons (Fsp3) is 0.0526. The number of nitrogens with one attached hydrogen (secondary N) is 1. The summed E-state index contributed by atoms with van der Waals surface area (Å²) >= 11 is 0. The van der Waals surface area contributed by atoms with E-state index in [2.05, 4.69) is 27.1 Å². The van der Waals surface area contributed by atoms with E-state index in [1.807, 2.05) is 42.6 Å². The zero-order valence-electron chi connectivity index (χ0n) is 12.7. The summed E-state index contributed by atoms with van der Waals surface area (Å²) in [6.07, 6.45) is 5.42. The minimum absolute atomic E-state index is 0.810. The number of methoxy groups -OCH3 is 1. The Morgan fingerprint density at radius 2 is 1.96 bits per heavy atom. The van der Waals surface area contributed by atoms with Crippen LogP contribution < -0.4 is 4.74 Å². The normalized spacial score (nSPS) is 10.8. The Kier molecular flexibility index (Phi) is 3.27. The van der Waals surface area contributed by atoms with Crippen molar-refractivity contribution in [1.29, 1.82) is 0 Å².